The lowest BCUT2D eigenvalue weighted by Gasteiger charge is -2.18. The minimum absolute atomic E-state index is 0.0668. The van der Waals surface area contributed by atoms with Gasteiger partial charge in [0.1, 0.15) is 13.2 Å². The molecule has 0 aliphatic rings. The van der Waals surface area contributed by atoms with E-state index in [9.17, 15) is 14.4 Å². The zero-order valence-corrected chi connectivity index (χ0v) is 37.7. The minimum Gasteiger partial charge on any atom is -0.462 e. The molecule has 0 amide bonds. The van der Waals surface area contributed by atoms with E-state index in [0.717, 1.165) is 75.5 Å². The topological polar surface area (TPSA) is 78.9 Å². The lowest BCUT2D eigenvalue weighted by molar-refractivity contribution is -0.167. The number of rotatable bonds is 42. The van der Waals surface area contributed by atoms with Crippen molar-refractivity contribution in [3.63, 3.8) is 0 Å². The molecule has 326 valence electrons. The second-order valence-corrected chi connectivity index (χ2v) is 17.9. The van der Waals surface area contributed by atoms with Crippen LogP contribution in [0.2, 0.25) is 0 Å². The quantitative estimate of drug-likeness (QED) is 0.0349. The maximum absolute atomic E-state index is 12.7. The fraction of sp³-hybridized carbons (Fsp3) is 0.939. The molecule has 0 rings (SSSR count). The van der Waals surface area contributed by atoms with E-state index in [4.69, 9.17) is 14.2 Å². The van der Waals surface area contributed by atoms with E-state index in [1.54, 1.807) is 0 Å². The molecule has 0 bridgehead atoms. The Morgan fingerprint density at radius 3 is 0.945 bits per heavy atom. The molecule has 0 saturated heterocycles. The Hall–Kier alpha value is -1.59. The SMILES string of the molecule is CCC(C)CCCCCCCCC(=O)OC[C@H](COC(=O)CCCCCCCCCC(C)C)OC(=O)CCCCCCCCCCCCCCCCC(C)C. The third-order valence-electron chi connectivity index (χ3n) is 11.3. The van der Waals surface area contributed by atoms with Crippen LogP contribution in [-0.4, -0.2) is 37.2 Å². The number of carbonyl (C=O) groups excluding carboxylic acids is 3. The molecule has 0 aromatic carbocycles. The van der Waals surface area contributed by atoms with Gasteiger partial charge in [-0.1, -0.05) is 221 Å². The predicted octanol–water partition coefficient (Wildman–Crippen LogP) is 15.2. The fourth-order valence-corrected chi connectivity index (χ4v) is 7.20. The Balaban J connectivity index is 4.30. The molecule has 0 spiro atoms. The average molecular weight is 779 g/mol. The summed E-state index contributed by atoms with van der Waals surface area (Å²) in [6, 6.07) is 0. The van der Waals surface area contributed by atoms with Crippen LogP contribution in [0.15, 0.2) is 0 Å². The van der Waals surface area contributed by atoms with Crippen LogP contribution in [0.4, 0.5) is 0 Å². The molecule has 2 atom stereocenters. The minimum atomic E-state index is -0.762. The molecule has 0 aliphatic heterocycles. The van der Waals surface area contributed by atoms with Crippen molar-refractivity contribution < 1.29 is 28.6 Å². The third-order valence-corrected chi connectivity index (χ3v) is 11.3. The molecule has 1 unspecified atom stereocenters. The van der Waals surface area contributed by atoms with Crippen LogP contribution in [0.25, 0.3) is 0 Å². The van der Waals surface area contributed by atoms with Crippen molar-refractivity contribution in [2.75, 3.05) is 13.2 Å². The number of ether oxygens (including phenoxy) is 3. The summed E-state index contributed by atoms with van der Waals surface area (Å²) in [6.45, 7) is 13.6. The molecule has 6 heteroatoms. The monoisotopic (exact) mass is 779 g/mol. The van der Waals surface area contributed by atoms with Gasteiger partial charge in [0.2, 0.25) is 0 Å². The summed E-state index contributed by atoms with van der Waals surface area (Å²) in [5, 5.41) is 0. The third kappa shape index (κ3) is 41.9. The van der Waals surface area contributed by atoms with Crippen molar-refractivity contribution in [3.05, 3.63) is 0 Å². The largest absolute Gasteiger partial charge is 0.462 e. The summed E-state index contributed by atoms with van der Waals surface area (Å²) in [5.41, 5.74) is 0. The standard InChI is InChI=1S/C49H94O6/c1-7-45(6)37-31-25-21-22-27-33-39-48(51)54-42-46(41-53-47(50)38-32-26-20-16-18-24-30-36-44(4)5)55-49(52)40-34-28-19-15-13-11-9-8-10-12-14-17-23-29-35-43(2)3/h43-46H,7-42H2,1-6H3/t45?,46-/m0/s1. The van der Waals surface area contributed by atoms with Gasteiger partial charge in [0, 0.05) is 19.3 Å². The molecule has 0 radical (unpaired) electrons. The molecule has 0 aliphatic carbocycles. The predicted molar refractivity (Wildman–Crippen MR) is 233 cm³/mol. The van der Waals surface area contributed by atoms with Gasteiger partial charge in [-0.25, -0.2) is 0 Å². The Labute approximate surface area is 342 Å². The van der Waals surface area contributed by atoms with Gasteiger partial charge in [-0.05, 0) is 37.0 Å². The van der Waals surface area contributed by atoms with Crippen LogP contribution < -0.4 is 0 Å². The van der Waals surface area contributed by atoms with E-state index in [0.29, 0.717) is 19.3 Å². The Bertz CT molecular complexity index is 854. The van der Waals surface area contributed by atoms with Gasteiger partial charge >= 0.3 is 17.9 Å². The molecule has 0 N–H and O–H groups in total. The average Bonchev–Trinajstić information content (AvgIpc) is 3.15. The Morgan fingerprint density at radius 1 is 0.364 bits per heavy atom. The zero-order chi connectivity index (χ0) is 40.6. The van der Waals surface area contributed by atoms with E-state index in [1.165, 1.54) is 141 Å². The van der Waals surface area contributed by atoms with E-state index < -0.39 is 6.10 Å². The van der Waals surface area contributed by atoms with Crippen molar-refractivity contribution >= 4 is 17.9 Å². The highest BCUT2D eigenvalue weighted by Gasteiger charge is 2.19. The first-order valence-electron chi connectivity index (χ1n) is 24.1. The van der Waals surface area contributed by atoms with Crippen LogP contribution in [-0.2, 0) is 28.6 Å². The summed E-state index contributed by atoms with van der Waals surface area (Å²) in [7, 11) is 0. The van der Waals surface area contributed by atoms with E-state index in [-0.39, 0.29) is 31.1 Å². The maximum Gasteiger partial charge on any atom is 0.306 e. The molecular weight excluding hydrogens is 685 g/mol. The van der Waals surface area contributed by atoms with Gasteiger partial charge in [0.05, 0.1) is 0 Å². The van der Waals surface area contributed by atoms with Crippen molar-refractivity contribution in [3.8, 4) is 0 Å². The summed E-state index contributed by atoms with van der Waals surface area (Å²) in [6.07, 6.45) is 38.1. The number of hydrogen-bond donors (Lipinski definition) is 0. The molecule has 0 aromatic heterocycles. The molecule has 6 nitrogen and oxygen atoms in total. The van der Waals surface area contributed by atoms with Crippen LogP contribution in [0.1, 0.15) is 260 Å². The van der Waals surface area contributed by atoms with E-state index >= 15 is 0 Å². The molecule has 0 heterocycles. The van der Waals surface area contributed by atoms with E-state index in [1.807, 2.05) is 0 Å². The van der Waals surface area contributed by atoms with Gasteiger partial charge in [-0.2, -0.15) is 0 Å². The van der Waals surface area contributed by atoms with Crippen molar-refractivity contribution in [1.82, 2.24) is 0 Å². The van der Waals surface area contributed by atoms with E-state index in [2.05, 4.69) is 41.5 Å². The van der Waals surface area contributed by atoms with Crippen LogP contribution >= 0.6 is 0 Å². The summed E-state index contributed by atoms with van der Waals surface area (Å²) in [5.74, 6) is 1.58. The first-order valence-corrected chi connectivity index (χ1v) is 24.1. The smallest absolute Gasteiger partial charge is 0.306 e. The number of esters is 3. The van der Waals surface area contributed by atoms with Crippen LogP contribution in [0, 0.1) is 17.8 Å². The molecule has 0 saturated carbocycles. The second-order valence-electron chi connectivity index (χ2n) is 17.9. The molecule has 0 fully saturated rings. The summed E-state index contributed by atoms with van der Waals surface area (Å²) >= 11 is 0. The van der Waals surface area contributed by atoms with Gasteiger partial charge in [-0.3, -0.25) is 14.4 Å². The van der Waals surface area contributed by atoms with Crippen LogP contribution in [0.3, 0.4) is 0 Å². The molecular formula is C49H94O6. The fourth-order valence-electron chi connectivity index (χ4n) is 7.20. The van der Waals surface area contributed by atoms with Gasteiger partial charge in [0.15, 0.2) is 6.10 Å². The normalized spacial score (nSPS) is 12.7. The second kappa shape index (κ2) is 40.6. The Kier molecular flexibility index (Phi) is 39.4. The van der Waals surface area contributed by atoms with Crippen molar-refractivity contribution in [2.24, 2.45) is 17.8 Å². The lowest BCUT2D eigenvalue weighted by atomic mass is 10.00. The van der Waals surface area contributed by atoms with Crippen molar-refractivity contribution in [2.45, 2.75) is 266 Å². The highest BCUT2D eigenvalue weighted by molar-refractivity contribution is 5.71. The van der Waals surface area contributed by atoms with Gasteiger partial charge < -0.3 is 14.2 Å². The lowest BCUT2D eigenvalue weighted by Crippen LogP contribution is -2.30. The highest BCUT2D eigenvalue weighted by atomic mass is 16.6. The van der Waals surface area contributed by atoms with Gasteiger partial charge in [-0.15, -0.1) is 0 Å². The van der Waals surface area contributed by atoms with Crippen molar-refractivity contribution in [1.29, 1.82) is 0 Å². The molecule has 55 heavy (non-hydrogen) atoms. The number of hydrogen-bond acceptors (Lipinski definition) is 6. The maximum atomic E-state index is 12.7. The van der Waals surface area contributed by atoms with Gasteiger partial charge in [0.25, 0.3) is 0 Å². The number of unbranched alkanes of at least 4 members (excludes halogenated alkanes) is 24. The summed E-state index contributed by atoms with van der Waals surface area (Å²) < 4.78 is 16.7. The zero-order valence-electron chi connectivity index (χ0n) is 37.7. The first-order chi connectivity index (χ1) is 26.6. The highest BCUT2D eigenvalue weighted by Crippen LogP contribution is 2.17. The van der Waals surface area contributed by atoms with Crippen LogP contribution in [0.5, 0.6) is 0 Å². The molecule has 0 aromatic rings. The first kappa shape index (κ1) is 53.4. The Morgan fingerprint density at radius 2 is 0.636 bits per heavy atom. The summed E-state index contributed by atoms with van der Waals surface area (Å²) in [4.78, 5) is 37.8. The number of carbonyl (C=O) groups is 3.